The molecule has 1 aromatic carbocycles. The van der Waals surface area contributed by atoms with Gasteiger partial charge in [-0.25, -0.2) is 9.48 Å². The van der Waals surface area contributed by atoms with Crippen molar-refractivity contribution in [1.82, 2.24) is 15.1 Å². The molecule has 0 spiro atoms. The van der Waals surface area contributed by atoms with Gasteiger partial charge in [0.25, 0.3) is 5.91 Å². The topological polar surface area (TPSA) is 84.2 Å². The highest BCUT2D eigenvalue weighted by atomic mass is 16.4. The highest BCUT2D eigenvalue weighted by molar-refractivity contribution is 5.96. The smallest absolute Gasteiger partial charge is 0.326 e. The van der Waals surface area contributed by atoms with E-state index >= 15 is 0 Å². The summed E-state index contributed by atoms with van der Waals surface area (Å²) in [6, 6.07) is 6.99. The number of carbonyl (C=O) groups is 2. The Hall–Kier alpha value is -2.63. The summed E-state index contributed by atoms with van der Waals surface area (Å²) in [5, 5.41) is 16.5. The van der Waals surface area contributed by atoms with Gasteiger partial charge in [-0.15, -0.1) is 0 Å². The van der Waals surface area contributed by atoms with Crippen LogP contribution >= 0.6 is 0 Å². The standard InChI is InChI=1S/C19H23N3O3/c1-11(2)16(19(24)25)20-18(23)17-13-8-6-10-15(13)22(21-17)14-9-5-4-7-12(14)3/h4-5,7,9,11,16H,6,8,10H2,1-3H3,(H,20,23)(H,24,25). The average molecular weight is 341 g/mol. The van der Waals surface area contributed by atoms with Crippen molar-refractivity contribution in [3.63, 3.8) is 0 Å². The van der Waals surface area contributed by atoms with Crippen molar-refractivity contribution in [3.05, 3.63) is 46.8 Å². The van der Waals surface area contributed by atoms with Crippen LogP contribution in [0.4, 0.5) is 0 Å². The molecule has 6 heteroatoms. The predicted octanol–water partition coefficient (Wildman–Crippen LogP) is 2.51. The lowest BCUT2D eigenvalue weighted by Crippen LogP contribution is -2.44. The molecule has 6 nitrogen and oxygen atoms in total. The predicted molar refractivity (Wildman–Crippen MR) is 94.1 cm³/mol. The van der Waals surface area contributed by atoms with Crippen LogP contribution in [0.15, 0.2) is 24.3 Å². The first-order chi connectivity index (χ1) is 11.9. The first-order valence-electron chi connectivity index (χ1n) is 8.60. The molecule has 3 rings (SSSR count). The van der Waals surface area contributed by atoms with Crippen molar-refractivity contribution in [2.24, 2.45) is 5.92 Å². The number of nitrogens with one attached hydrogen (secondary N) is 1. The number of carbonyl (C=O) groups excluding carboxylic acids is 1. The van der Waals surface area contributed by atoms with E-state index in [1.165, 1.54) is 0 Å². The van der Waals surface area contributed by atoms with Crippen molar-refractivity contribution in [2.45, 2.75) is 46.1 Å². The molecule has 2 N–H and O–H groups in total. The Labute approximate surface area is 146 Å². The van der Waals surface area contributed by atoms with E-state index in [1.54, 1.807) is 13.8 Å². The van der Waals surface area contributed by atoms with E-state index < -0.39 is 17.9 Å². The fraction of sp³-hybridized carbons (Fsp3) is 0.421. The van der Waals surface area contributed by atoms with E-state index in [0.717, 1.165) is 41.8 Å². The highest BCUT2D eigenvalue weighted by Crippen LogP contribution is 2.29. The summed E-state index contributed by atoms with van der Waals surface area (Å²) >= 11 is 0. The number of aromatic nitrogens is 2. The van der Waals surface area contributed by atoms with Gasteiger partial charge in [0, 0.05) is 11.3 Å². The number of rotatable bonds is 5. The van der Waals surface area contributed by atoms with E-state index in [1.807, 2.05) is 35.9 Å². The van der Waals surface area contributed by atoms with Gasteiger partial charge in [-0.1, -0.05) is 32.0 Å². The summed E-state index contributed by atoms with van der Waals surface area (Å²) in [6.07, 6.45) is 2.64. The van der Waals surface area contributed by atoms with E-state index in [0.29, 0.717) is 5.69 Å². The molecule has 0 fully saturated rings. The summed E-state index contributed by atoms with van der Waals surface area (Å²) in [7, 11) is 0. The Kier molecular flexibility index (Phi) is 4.61. The van der Waals surface area contributed by atoms with Crippen molar-refractivity contribution in [3.8, 4) is 5.69 Å². The Morgan fingerprint density at radius 2 is 1.96 bits per heavy atom. The molecule has 1 aliphatic carbocycles. The lowest BCUT2D eigenvalue weighted by molar-refractivity contribution is -0.140. The molecular weight excluding hydrogens is 318 g/mol. The number of aryl methyl sites for hydroxylation is 1. The van der Waals surface area contributed by atoms with Crippen LogP contribution in [0.2, 0.25) is 0 Å². The zero-order valence-corrected chi connectivity index (χ0v) is 14.7. The number of hydrogen-bond acceptors (Lipinski definition) is 3. The lowest BCUT2D eigenvalue weighted by Gasteiger charge is -2.17. The maximum atomic E-state index is 12.7. The van der Waals surface area contributed by atoms with Crippen molar-refractivity contribution < 1.29 is 14.7 Å². The second kappa shape index (κ2) is 6.70. The zero-order chi connectivity index (χ0) is 18.1. The third-order valence-corrected chi connectivity index (χ3v) is 4.71. The molecule has 25 heavy (non-hydrogen) atoms. The summed E-state index contributed by atoms with van der Waals surface area (Å²) in [5.74, 6) is -1.64. The lowest BCUT2D eigenvalue weighted by atomic mass is 10.0. The summed E-state index contributed by atoms with van der Waals surface area (Å²) < 4.78 is 1.84. The molecule has 1 amide bonds. The molecule has 0 saturated carbocycles. The van der Waals surface area contributed by atoms with Crippen molar-refractivity contribution in [1.29, 1.82) is 0 Å². The van der Waals surface area contributed by atoms with Crippen LogP contribution in [-0.4, -0.2) is 32.8 Å². The normalized spacial score (nSPS) is 14.4. The van der Waals surface area contributed by atoms with Gasteiger partial charge in [-0.3, -0.25) is 4.79 Å². The number of nitrogens with zero attached hydrogens (tertiary/aromatic N) is 2. The molecule has 1 unspecified atom stereocenters. The minimum atomic E-state index is -1.03. The second-order valence-corrected chi connectivity index (χ2v) is 6.86. The molecule has 1 heterocycles. The van der Waals surface area contributed by atoms with Crippen LogP contribution in [0.3, 0.4) is 0 Å². The number of para-hydroxylation sites is 1. The molecule has 0 saturated heterocycles. The van der Waals surface area contributed by atoms with Gasteiger partial charge in [-0.05, 0) is 43.7 Å². The second-order valence-electron chi connectivity index (χ2n) is 6.86. The number of carboxylic acid groups (broad SMARTS) is 1. The first-order valence-corrected chi connectivity index (χ1v) is 8.60. The zero-order valence-electron chi connectivity index (χ0n) is 14.7. The number of amides is 1. The van der Waals surface area contributed by atoms with Gasteiger partial charge in [0.2, 0.25) is 0 Å². The van der Waals surface area contributed by atoms with Crippen LogP contribution in [-0.2, 0) is 17.6 Å². The van der Waals surface area contributed by atoms with Gasteiger partial charge in [-0.2, -0.15) is 5.10 Å². The van der Waals surface area contributed by atoms with Gasteiger partial charge in [0.1, 0.15) is 6.04 Å². The molecule has 1 aromatic heterocycles. The Morgan fingerprint density at radius 1 is 1.24 bits per heavy atom. The molecule has 0 radical (unpaired) electrons. The Bertz CT molecular complexity index is 823. The number of fused-ring (bicyclic) bond motifs is 1. The average Bonchev–Trinajstić information content (AvgIpc) is 3.14. The SMILES string of the molecule is Cc1ccccc1-n1nc(C(=O)NC(C(=O)O)C(C)C)c2c1CCC2. The molecule has 0 aliphatic heterocycles. The van der Waals surface area contributed by atoms with E-state index in [4.69, 9.17) is 0 Å². The van der Waals surface area contributed by atoms with Crippen LogP contribution in [0.1, 0.15) is 47.6 Å². The minimum absolute atomic E-state index is 0.201. The molecule has 2 aromatic rings. The largest absolute Gasteiger partial charge is 0.480 e. The van der Waals surface area contributed by atoms with Crippen LogP contribution in [0.25, 0.3) is 5.69 Å². The third kappa shape index (κ3) is 3.16. The van der Waals surface area contributed by atoms with Crippen LogP contribution < -0.4 is 5.32 Å². The van der Waals surface area contributed by atoms with E-state index in [2.05, 4.69) is 10.4 Å². The highest BCUT2D eigenvalue weighted by Gasteiger charge is 2.30. The number of carboxylic acids is 1. The first kappa shape index (κ1) is 17.2. The van der Waals surface area contributed by atoms with Crippen molar-refractivity contribution >= 4 is 11.9 Å². The van der Waals surface area contributed by atoms with Gasteiger partial charge < -0.3 is 10.4 Å². The number of benzene rings is 1. The van der Waals surface area contributed by atoms with Gasteiger partial charge >= 0.3 is 5.97 Å². The number of hydrogen-bond donors (Lipinski definition) is 2. The minimum Gasteiger partial charge on any atom is -0.480 e. The molecule has 1 aliphatic rings. The molecule has 132 valence electrons. The quantitative estimate of drug-likeness (QED) is 0.875. The van der Waals surface area contributed by atoms with E-state index in [-0.39, 0.29) is 5.92 Å². The monoisotopic (exact) mass is 341 g/mol. The molecular formula is C19H23N3O3. The van der Waals surface area contributed by atoms with Gasteiger partial charge in [0.05, 0.1) is 5.69 Å². The van der Waals surface area contributed by atoms with Crippen LogP contribution in [0, 0.1) is 12.8 Å². The molecule has 1 atom stereocenters. The Morgan fingerprint density at radius 3 is 2.60 bits per heavy atom. The maximum absolute atomic E-state index is 12.7. The number of aliphatic carboxylic acids is 1. The molecule has 0 bridgehead atoms. The van der Waals surface area contributed by atoms with Crippen molar-refractivity contribution in [2.75, 3.05) is 0 Å². The fourth-order valence-corrected chi connectivity index (χ4v) is 3.34. The summed E-state index contributed by atoms with van der Waals surface area (Å²) in [6.45, 7) is 5.56. The third-order valence-electron chi connectivity index (χ3n) is 4.71. The van der Waals surface area contributed by atoms with Crippen LogP contribution in [0.5, 0.6) is 0 Å². The Balaban J connectivity index is 1.99. The fourth-order valence-electron chi connectivity index (χ4n) is 3.34. The maximum Gasteiger partial charge on any atom is 0.326 e. The summed E-state index contributed by atoms with van der Waals surface area (Å²) in [5.41, 5.74) is 4.38. The van der Waals surface area contributed by atoms with E-state index in [9.17, 15) is 14.7 Å². The summed E-state index contributed by atoms with van der Waals surface area (Å²) in [4.78, 5) is 24.1. The van der Waals surface area contributed by atoms with Gasteiger partial charge in [0.15, 0.2) is 5.69 Å².